The van der Waals surface area contributed by atoms with E-state index in [1.807, 2.05) is 30.3 Å². The molecule has 0 radical (unpaired) electrons. The van der Waals surface area contributed by atoms with E-state index in [1.54, 1.807) is 10.9 Å². The molecule has 0 amide bonds. The van der Waals surface area contributed by atoms with Crippen molar-refractivity contribution in [1.29, 1.82) is 0 Å². The number of hydrogen-bond donors (Lipinski definition) is 2. The molecule has 4 atom stereocenters. The molecule has 32 heavy (non-hydrogen) atoms. The van der Waals surface area contributed by atoms with Gasteiger partial charge in [-0.05, 0) is 25.0 Å². The van der Waals surface area contributed by atoms with Crippen LogP contribution in [-0.2, 0) is 19.0 Å². The lowest BCUT2D eigenvalue weighted by Crippen LogP contribution is -2.38. The smallest absolute Gasteiger partial charge is 0.335 e. The quantitative estimate of drug-likeness (QED) is 0.634. The van der Waals surface area contributed by atoms with Gasteiger partial charge >= 0.3 is 5.97 Å². The number of imidazole rings is 1. The first-order chi connectivity index (χ1) is 15.6. The molecule has 4 heterocycles. The van der Waals surface area contributed by atoms with Crippen LogP contribution in [0.25, 0.3) is 11.2 Å². The molecule has 1 aromatic carbocycles. The molecular weight excluding hydrogens is 414 g/mol. The van der Waals surface area contributed by atoms with Crippen LogP contribution in [0.15, 0.2) is 43.0 Å². The van der Waals surface area contributed by atoms with Gasteiger partial charge in [-0.3, -0.25) is 4.57 Å². The Morgan fingerprint density at radius 1 is 1.06 bits per heavy atom. The van der Waals surface area contributed by atoms with Gasteiger partial charge in [-0.1, -0.05) is 24.6 Å². The lowest BCUT2D eigenvalue weighted by Gasteiger charge is -2.33. The number of aliphatic carboxylic acids is 1. The van der Waals surface area contributed by atoms with Crippen molar-refractivity contribution in [1.82, 2.24) is 19.5 Å². The van der Waals surface area contributed by atoms with Gasteiger partial charge in [0.05, 0.1) is 6.33 Å². The number of aromatic nitrogens is 4. The zero-order valence-corrected chi connectivity index (χ0v) is 17.3. The number of nitrogens with one attached hydrogen (secondary N) is 1. The minimum Gasteiger partial charge on any atom is -0.479 e. The standard InChI is InChI=1S/C22H23N5O5/c28-21(29)17-15-16(32-22(31-15)9-5-2-6-10-22)20(30-17)27-12-25-14-18(23-11-24-19(14)27)26-13-7-3-1-4-8-13/h1,3-4,7-8,11-12,15-17,20H,2,5-6,9-10H2,(H,28,29)(H,23,24,26)/t15?,16?,17-,20+/m0/s1. The van der Waals surface area contributed by atoms with Crippen molar-refractivity contribution in [2.45, 2.75) is 62.4 Å². The Bertz CT molecular complexity index is 1150. The molecule has 0 bridgehead atoms. The molecular formula is C22H23N5O5. The summed E-state index contributed by atoms with van der Waals surface area (Å²) in [7, 11) is 0. The summed E-state index contributed by atoms with van der Waals surface area (Å²) in [5.74, 6) is -1.24. The first-order valence-corrected chi connectivity index (χ1v) is 10.9. The number of carboxylic acid groups (broad SMARTS) is 1. The van der Waals surface area contributed by atoms with Gasteiger partial charge in [0, 0.05) is 18.5 Å². The van der Waals surface area contributed by atoms with Crippen molar-refractivity contribution in [3.05, 3.63) is 43.0 Å². The fourth-order valence-electron chi connectivity index (χ4n) is 4.95. The third kappa shape index (κ3) is 3.14. The van der Waals surface area contributed by atoms with Gasteiger partial charge in [-0.25, -0.2) is 19.7 Å². The third-order valence-electron chi connectivity index (χ3n) is 6.42. The molecule has 2 unspecified atom stereocenters. The zero-order chi connectivity index (χ0) is 21.7. The number of fused-ring (bicyclic) bond motifs is 2. The van der Waals surface area contributed by atoms with Crippen molar-refractivity contribution in [2.75, 3.05) is 5.32 Å². The summed E-state index contributed by atoms with van der Waals surface area (Å²) in [4.78, 5) is 25.2. The average molecular weight is 437 g/mol. The number of anilines is 2. The fourth-order valence-corrected chi connectivity index (χ4v) is 4.95. The number of carbonyl (C=O) groups is 1. The van der Waals surface area contributed by atoms with Crippen LogP contribution in [0.3, 0.4) is 0 Å². The van der Waals surface area contributed by atoms with Crippen molar-refractivity contribution < 1.29 is 24.1 Å². The Kier molecular flexibility index (Phi) is 4.60. The lowest BCUT2D eigenvalue weighted by molar-refractivity contribution is -0.231. The summed E-state index contributed by atoms with van der Waals surface area (Å²) < 4.78 is 20.3. The molecule has 10 heteroatoms. The molecule has 166 valence electrons. The zero-order valence-electron chi connectivity index (χ0n) is 17.3. The van der Waals surface area contributed by atoms with Gasteiger partial charge in [0.25, 0.3) is 0 Å². The molecule has 1 saturated carbocycles. The first kappa shape index (κ1) is 19.6. The number of nitrogens with zero attached hydrogens (tertiary/aromatic N) is 4. The van der Waals surface area contributed by atoms with Crippen LogP contribution in [0.4, 0.5) is 11.5 Å². The van der Waals surface area contributed by atoms with Gasteiger partial charge < -0.3 is 24.6 Å². The topological polar surface area (TPSA) is 121 Å². The highest BCUT2D eigenvalue weighted by Crippen LogP contribution is 2.49. The number of para-hydroxylation sites is 1. The summed E-state index contributed by atoms with van der Waals surface area (Å²) in [6, 6.07) is 9.65. The molecule has 1 aliphatic carbocycles. The minimum absolute atomic E-state index is 0.529. The Labute approximate surface area is 183 Å². The molecule has 3 aliphatic rings. The molecule has 2 aliphatic heterocycles. The van der Waals surface area contributed by atoms with Crippen LogP contribution in [0, 0.1) is 0 Å². The highest BCUT2D eigenvalue weighted by molar-refractivity contribution is 5.85. The average Bonchev–Trinajstić information content (AvgIpc) is 3.47. The van der Waals surface area contributed by atoms with Gasteiger partial charge in [-0.2, -0.15) is 0 Å². The number of hydrogen-bond acceptors (Lipinski definition) is 8. The molecule has 6 rings (SSSR count). The van der Waals surface area contributed by atoms with Crippen molar-refractivity contribution in [3.63, 3.8) is 0 Å². The second kappa shape index (κ2) is 7.51. The molecule has 2 saturated heterocycles. The molecule has 2 aromatic heterocycles. The summed E-state index contributed by atoms with van der Waals surface area (Å²) >= 11 is 0. The molecule has 2 N–H and O–H groups in total. The van der Waals surface area contributed by atoms with Crippen LogP contribution in [0.2, 0.25) is 0 Å². The second-order valence-corrected chi connectivity index (χ2v) is 8.46. The van der Waals surface area contributed by atoms with E-state index in [-0.39, 0.29) is 0 Å². The fraction of sp³-hybridized carbons (Fsp3) is 0.455. The number of rotatable bonds is 4. The van der Waals surface area contributed by atoms with Crippen molar-refractivity contribution >= 4 is 28.6 Å². The highest BCUT2D eigenvalue weighted by atomic mass is 16.8. The van der Waals surface area contributed by atoms with Gasteiger partial charge in [0.2, 0.25) is 0 Å². The monoisotopic (exact) mass is 437 g/mol. The summed E-state index contributed by atoms with van der Waals surface area (Å²) in [5.41, 5.74) is 1.96. The minimum atomic E-state index is -1.12. The largest absolute Gasteiger partial charge is 0.479 e. The van der Waals surface area contributed by atoms with Crippen molar-refractivity contribution in [3.8, 4) is 0 Å². The number of carboxylic acids is 1. The van der Waals surface area contributed by atoms with Crippen LogP contribution >= 0.6 is 0 Å². The maximum atomic E-state index is 11.9. The van der Waals surface area contributed by atoms with E-state index in [4.69, 9.17) is 14.2 Å². The Morgan fingerprint density at radius 2 is 1.84 bits per heavy atom. The Hall–Kier alpha value is -3.08. The maximum Gasteiger partial charge on any atom is 0.335 e. The SMILES string of the molecule is O=C(O)[C@H]1O[C@@H](n2cnc3c(Nc4ccccc4)ncnc32)C2OC3(CCCCC3)OC21. The van der Waals surface area contributed by atoms with Crippen molar-refractivity contribution in [2.24, 2.45) is 0 Å². The van der Waals surface area contributed by atoms with E-state index in [0.29, 0.717) is 17.0 Å². The van der Waals surface area contributed by atoms with Crippen LogP contribution in [0.5, 0.6) is 0 Å². The molecule has 1 spiro atoms. The molecule has 3 aromatic rings. The lowest BCUT2D eigenvalue weighted by atomic mass is 9.94. The summed E-state index contributed by atoms with van der Waals surface area (Å²) in [6.45, 7) is 0. The maximum absolute atomic E-state index is 11.9. The van der Waals surface area contributed by atoms with Crippen LogP contribution in [0.1, 0.15) is 38.3 Å². The van der Waals surface area contributed by atoms with E-state index in [9.17, 15) is 9.90 Å². The van der Waals surface area contributed by atoms with Gasteiger partial charge in [0.15, 0.2) is 35.1 Å². The summed E-state index contributed by atoms with van der Waals surface area (Å²) in [6.07, 6.45) is 4.61. The van der Waals surface area contributed by atoms with E-state index in [0.717, 1.165) is 37.8 Å². The molecule has 10 nitrogen and oxygen atoms in total. The van der Waals surface area contributed by atoms with Crippen LogP contribution < -0.4 is 5.32 Å². The third-order valence-corrected chi connectivity index (χ3v) is 6.42. The van der Waals surface area contributed by atoms with E-state index < -0.39 is 36.3 Å². The first-order valence-electron chi connectivity index (χ1n) is 10.9. The number of ether oxygens (including phenoxy) is 3. The van der Waals surface area contributed by atoms with Gasteiger partial charge in [0.1, 0.15) is 18.5 Å². The van der Waals surface area contributed by atoms with Gasteiger partial charge in [-0.15, -0.1) is 0 Å². The van der Waals surface area contributed by atoms with Crippen LogP contribution in [-0.4, -0.2) is 54.7 Å². The normalized spacial score (nSPS) is 28.8. The Balaban J connectivity index is 1.35. The summed E-state index contributed by atoms with van der Waals surface area (Å²) in [5, 5.41) is 13.0. The predicted octanol–water partition coefficient (Wildman–Crippen LogP) is 3.00. The Morgan fingerprint density at radius 3 is 2.62 bits per heavy atom. The van der Waals surface area contributed by atoms with E-state index in [2.05, 4.69) is 20.3 Å². The predicted molar refractivity (Wildman–Crippen MR) is 112 cm³/mol. The van der Waals surface area contributed by atoms with E-state index >= 15 is 0 Å². The molecule has 3 fully saturated rings. The highest BCUT2D eigenvalue weighted by Gasteiger charge is 2.61. The number of benzene rings is 1. The second-order valence-electron chi connectivity index (χ2n) is 8.46. The van der Waals surface area contributed by atoms with E-state index in [1.165, 1.54) is 6.33 Å².